The molecule has 1 aromatic rings. The summed E-state index contributed by atoms with van der Waals surface area (Å²) in [4.78, 5) is 16.2. The monoisotopic (exact) mass is 558 g/mol. The molecule has 4 heterocycles. The fraction of sp³-hybridized carbons (Fsp3) is 0.655. The van der Waals surface area contributed by atoms with E-state index in [9.17, 15) is 19.0 Å². The molecule has 0 unspecified atom stereocenters. The standard InChI is InChI=1S/C29H44F2N8O/c1-29(17-36(3)37(4)18-29)23-14-19-6-5-12-39(25(19)15-21(23)26(30)31)27(32)22-16-38(28(40)33-2)13-9-24(22)35-20-7-10-34-11-8-20/h14-15,20,26,32,34-35H,5-13,16-18H2,1-4H3,(H,33,40). The number of piperidine rings is 1. The van der Waals surface area contributed by atoms with E-state index in [4.69, 9.17) is 0 Å². The van der Waals surface area contributed by atoms with Gasteiger partial charge in [0, 0.05) is 87.7 Å². The highest BCUT2D eigenvalue weighted by molar-refractivity contribution is 6.09. The van der Waals surface area contributed by atoms with E-state index >= 15 is 0 Å². The van der Waals surface area contributed by atoms with Gasteiger partial charge < -0.3 is 25.8 Å². The quantitative estimate of drug-likeness (QED) is 0.328. The molecule has 4 aliphatic heterocycles. The van der Waals surface area contributed by atoms with E-state index in [2.05, 4.69) is 32.9 Å². The normalized spacial score (nSPS) is 22.6. The average molecular weight is 559 g/mol. The van der Waals surface area contributed by atoms with Crippen molar-refractivity contribution in [1.29, 1.82) is 5.41 Å². The summed E-state index contributed by atoms with van der Waals surface area (Å²) in [5, 5.41) is 23.4. The molecule has 0 aliphatic carbocycles. The molecule has 2 fully saturated rings. The Morgan fingerprint density at radius 3 is 2.48 bits per heavy atom. The molecule has 2 saturated heterocycles. The summed E-state index contributed by atoms with van der Waals surface area (Å²) in [6.45, 7) is 6.79. The largest absolute Gasteiger partial charge is 0.385 e. The van der Waals surface area contributed by atoms with Crippen molar-refractivity contribution in [3.8, 4) is 0 Å². The predicted octanol–water partition coefficient (Wildman–Crippen LogP) is 3.04. The second-order valence-corrected chi connectivity index (χ2v) is 12.0. The molecule has 40 heavy (non-hydrogen) atoms. The fourth-order valence-corrected chi connectivity index (χ4v) is 6.90. The molecule has 11 heteroatoms. The number of carbonyl (C=O) groups excluding carboxylic acids is 1. The number of urea groups is 1. The first kappa shape index (κ1) is 28.8. The van der Waals surface area contributed by atoms with Crippen molar-refractivity contribution in [2.45, 2.75) is 56.9 Å². The lowest BCUT2D eigenvalue weighted by atomic mass is 9.78. The van der Waals surface area contributed by atoms with Gasteiger partial charge in [-0.1, -0.05) is 13.0 Å². The lowest BCUT2D eigenvalue weighted by molar-refractivity contribution is 0.0894. The topological polar surface area (TPSA) is 90.0 Å². The van der Waals surface area contributed by atoms with Crippen molar-refractivity contribution in [2.75, 3.05) is 71.9 Å². The van der Waals surface area contributed by atoms with Crippen molar-refractivity contribution < 1.29 is 13.6 Å². The second-order valence-electron chi connectivity index (χ2n) is 12.0. The first-order valence-electron chi connectivity index (χ1n) is 14.5. The number of nitrogens with zero attached hydrogens (tertiary/aromatic N) is 4. The summed E-state index contributed by atoms with van der Waals surface area (Å²) >= 11 is 0. The van der Waals surface area contributed by atoms with Crippen LogP contribution in [-0.4, -0.2) is 99.8 Å². The number of fused-ring (bicyclic) bond motifs is 1. The predicted molar refractivity (Wildman–Crippen MR) is 154 cm³/mol. The van der Waals surface area contributed by atoms with E-state index in [1.54, 1.807) is 18.0 Å². The summed E-state index contributed by atoms with van der Waals surface area (Å²) in [6.07, 6.45) is 1.65. The van der Waals surface area contributed by atoms with Gasteiger partial charge in [0.05, 0.1) is 6.54 Å². The number of likely N-dealkylation sites (N-methyl/N-ethyl adjacent to an activating group) is 2. The summed E-state index contributed by atoms with van der Waals surface area (Å²) in [7, 11) is 5.60. The third kappa shape index (κ3) is 5.56. The van der Waals surface area contributed by atoms with Crippen molar-refractivity contribution in [3.63, 3.8) is 0 Å². The van der Waals surface area contributed by atoms with Gasteiger partial charge in [-0.2, -0.15) is 0 Å². The van der Waals surface area contributed by atoms with Crippen LogP contribution in [0.3, 0.4) is 0 Å². The molecule has 0 aromatic heterocycles. The molecule has 5 rings (SSSR count). The molecule has 0 bridgehead atoms. The van der Waals surface area contributed by atoms with Crippen LogP contribution >= 0.6 is 0 Å². The SMILES string of the molecule is CNC(=O)N1CCC(NC2CCNCC2)=C(C(=N)N2CCCc3cc(C4(C)CN(C)N(C)C4)c(C(F)F)cc32)C1. The lowest BCUT2D eigenvalue weighted by Crippen LogP contribution is -2.49. The number of hydrazine groups is 1. The second kappa shape index (κ2) is 11.6. The number of aryl methyl sites for hydroxylation is 1. The van der Waals surface area contributed by atoms with Crippen LogP contribution in [-0.2, 0) is 11.8 Å². The molecule has 0 spiro atoms. The van der Waals surface area contributed by atoms with Gasteiger partial charge in [0.2, 0.25) is 0 Å². The number of carbonyl (C=O) groups is 1. The first-order chi connectivity index (χ1) is 19.1. The minimum Gasteiger partial charge on any atom is -0.385 e. The molecule has 1 aromatic carbocycles. The van der Waals surface area contributed by atoms with Gasteiger partial charge in [-0.15, -0.1) is 0 Å². The number of benzene rings is 1. The first-order valence-corrected chi connectivity index (χ1v) is 14.5. The Labute approximate surface area is 236 Å². The minimum absolute atomic E-state index is 0.0577. The van der Waals surface area contributed by atoms with E-state index in [-0.39, 0.29) is 11.6 Å². The van der Waals surface area contributed by atoms with Crippen LogP contribution in [0.5, 0.6) is 0 Å². The Kier molecular flexibility index (Phi) is 8.35. The zero-order valence-corrected chi connectivity index (χ0v) is 24.2. The summed E-state index contributed by atoms with van der Waals surface area (Å²) in [5.41, 5.74) is 3.84. The van der Waals surface area contributed by atoms with Crippen molar-refractivity contribution in [3.05, 3.63) is 40.1 Å². The van der Waals surface area contributed by atoms with Crippen LogP contribution in [0.4, 0.5) is 19.3 Å². The van der Waals surface area contributed by atoms with E-state index < -0.39 is 11.8 Å². The average Bonchev–Trinajstić information content (AvgIpc) is 3.23. The zero-order chi connectivity index (χ0) is 28.6. The van der Waals surface area contributed by atoms with Crippen LogP contribution in [0.15, 0.2) is 23.4 Å². The maximum atomic E-state index is 14.6. The Morgan fingerprint density at radius 2 is 1.82 bits per heavy atom. The number of amidine groups is 1. The number of hydrogen-bond acceptors (Lipinski definition) is 6. The summed E-state index contributed by atoms with van der Waals surface area (Å²) in [6, 6.07) is 3.78. The Bertz CT molecular complexity index is 1150. The van der Waals surface area contributed by atoms with E-state index in [1.807, 2.05) is 25.1 Å². The highest BCUT2D eigenvalue weighted by Gasteiger charge is 2.41. The minimum atomic E-state index is -2.61. The van der Waals surface area contributed by atoms with Crippen LogP contribution < -0.4 is 20.9 Å². The highest BCUT2D eigenvalue weighted by atomic mass is 19.3. The van der Waals surface area contributed by atoms with E-state index in [0.29, 0.717) is 62.3 Å². The van der Waals surface area contributed by atoms with Crippen LogP contribution in [0, 0.1) is 5.41 Å². The van der Waals surface area contributed by atoms with Crippen LogP contribution in [0.2, 0.25) is 0 Å². The Hall–Kier alpha value is -2.76. The number of amides is 2. The van der Waals surface area contributed by atoms with Gasteiger partial charge in [-0.3, -0.25) is 5.41 Å². The Morgan fingerprint density at radius 1 is 1.12 bits per heavy atom. The number of halogens is 2. The molecule has 4 aliphatic rings. The number of hydrogen-bond donors (Lipinski definition) is 4. The van der Waals surface area contributed by atoms with Crippen LogP contribution in [0.25, 0.3) is 0 Å². The van der Waals surface area contributed by atoms with Gasteiger partial charge in [0.15, 0.2) is 0 Å². The molecule has 0 saturated carbocycles. The third-order valence-electron chi connectivity index (χ3n) is 9.11. The molecule has 0 atom stereocenters. The van der Waals surface area contributed by atoms with Crippen molar-refractivity contribution in [2.24, 2.45) is 0 Å². The van der Waals surface area contributed by atoms with Gasteiger partial charge in [0.25, 0.3) is 6.43 Å². The van der Waals surface area contributed by atoms with Crippen molar-refractivity contribution >= 4 is 17.6 Å². The van der Waals surface area contributed by atoms with Gasteiger partial charge in [-0.05, 0) is 56.0 Å². The highest BCUT2D eigenvalue weighted by Crippen LogP contribution is 2.42. The molecular weight excluding hydrogens is 514 g/mol. The summed E-state index contributed by atoms with van der Waals surface area (Å²) in [5.74, 6) is 0.297. The molecule has 2 amide bonds. The van der Waals surface area contributed by atoms with Gasteiger partial charge in [-0.25, -0.2) is 23.6 Å². The molecule has 220 valence electrons. The van der Waals surface area contributed by atoms with E-state index in [1.165, 1.54) is 0 Å². The number of alkyl halides is 2. The molecule has 0 radical (unpaired) electrons. The number of anilines is 1. The maximum absolute atomic E-state index is 14.6. The smallest absolute Gasteiger partial charge is 0.317 e. The maximum Gasteiger partial charge on any atom is 0.317 e. The number of nitrogens with one attached hydrogen (secondary N) is 4. The van der Waals surface area contributed by atoms with E-state index in [0.717, 1.165) is 55.6 Å². The molecular formula is C29H44F2N8O. The van der Waals surface area contributed by atoms with Gasteiger partial charge >= 0.3 is 6.03 Å². The number of rotatable bonds is 5. The summed E-state index contributed by atoms with van der Waals surface area (Å²) < 4.78 is 29.2. The van der Waals surface area contributed by atoms with Gasteiger partial charge in [0.1, 0.15) is 5.84 Å². The third-order valence-corrected chi connectivity index (χ3v) is 9.11. The van der Waals surface area contributed by atoms with Crippen LogP contribution in [0.1, 0.15) is 55.7 Å². The fourth-order valence-electron chi connectivity index (χ4n) is 6.90. The van der Waals surface area contributed by atoms with Crippen molar-refractivity contribution in [1.82, 2.24) is 30.9 Å². The lowest BCUT2D eigenvalue weighted by Gasteiger charge is -2.39. The molecule has 4 N–H and O–H groups in total. The Balaban J connectivity index is 1.51. The molecule has 9 nitrogen and oxygen atoms in total. The zero-order valence-electron chi connectivity index (χ0n) is 24.2.